The standard InChI is InChI=1S/C38H55Cl3IN3O20S2/c1-17(46)44-27-24(61-20(4)49)12-36(33(54)57-7,66-11-9-10-43-35(56)60-16-38(39,40)41)64-31(27)29(53)26(15-59-19(3)48)67-37(34(55)58-8)13-25(62-21(5)50)28(45-18(2)47)32(65-37)30(23(52)14-42)63-22(6)51/h23-32,52-53H,9-16H2,1-8H3,(H,43,56)(H,44,46)(H,45,47)/t23-,24+,25+,26-,27-,28-,29-,30-,31-,32-,36+,37+/m1/s1. The second-order valence-electron chi connectivity index (χ2n) is 14.9. The number of carbonyl (C=O) groups is 9. The number of ether oxygens (including phenoxy) is 9. The van der Waals surface area contributed by atoms with Gasteiger partial charge in [-0.3, -0.25) is 28.8 Å². The molecule has 0 saturated carbocycles. The van der Waals surface area contributed by atoms with Crippen LogP contribution in [0.1, 0.15) is 60.8 Å². The maximum atomic E-state index is 14.2. The van der Waals surface area contributed by atoms with Gasteiger partial charge in [-0.25, -0.2) is 14.4 Å². The monoisotopic (exact) mass is 1170 g/mol. The van der Waals surface area contributed by atoms with Crippen molar-refractivity contribution in [1.29, 1.82) is 0 Å². The number of alkyl carbamates (subject to hydrolysis) is 1. The van der Waals surface area contributed by atoms with Crippen LogP contribution in [0, 0.1) is 0 Å². The quantitative estimate of drug-likeness (QED) is 0.0334. The van der Waals surface area contributed by atoms with Gasteiger partial charge in [-0.15, -0.1) is 23.5 Å². The third-order valence-electron chi connectivity index (χ3n) is 9.43. The summed E-state index contributed by atoms with van der Waals surface area (Å²) in [6.45, 7) is 4.98. The van der Waals surface area contributed by atoms with E-state index in [2.05, 4.69) is 16.0 Å². The number of esters is 6. The number of aliphatic hydroxyl groups is 2. The van der Waals surface area contributed by atoms with Gasteiger partial charge < -0.3 is 68.8 Å². The van der Waals surface area contributed by atoms with E-state index in [9.17, 15) is 53.4 Å². The molecular formula is C38H55Cl3IN3O20S2. The van der Waals surface area contributed by atoms with Crippen molar-refractivity contribution in [2.45, 2.75) is 135 Å². The summed E-state index contributed by atoms with van der Waals surface area (Å²) in [5.41, 5.74) is 0. The largest absolute Gasteiger partial charge is 0.466 e. The molecule has 0 unspecified atom stereocenters. The highest BCUT2D eigenvalue weighted by molar-refractivity contribution is 14.1. The minimum Gasteiger partial charge on any atom is -0.466 e. The molecule has 0 aromatic heterocycles. The highest BCUT2D eigenvalue weighted by Crippen LogP contribution is 2.48. The lowest BCUT2D eigenvalue weighted by atomic mass is 9.89. The number of hydrogen-bond acceptors (Lipinski definition) is 22. The van der Waals surface area contributed by atoms with Crippen LogP contribution in [0.15, 0.2) is 0 Å². The number of halogens is 4. The van der Waals surface area contributed by atoms with Crippen LogP contribution in [0.3, 0.4) is 0 Å². The number of methoxy groups -OCH3 is 2. The lowest BCUT2D eigenvalue weighted by molar-refractivity contribution is -0.217. The molecule has 0 aromatic rings. The summed E-state index contributed by atoms with van der Waals surface area (Å²) in [5, 5.41) is 29.8. The van der Waals surface area contributed by atoms with E-state index in [0.29, 0.717) is 11.8 Å². The van der Waals surface area contributed by atoms with Crippen LogP contribution in [0.5, 0.6) is 0 Å². The number of amides is 3. The summed E-state index contributed by atoms with van der Waals surface area (Å²) in [6, 6.07) is -2.89. The Morgan fingerprint density at radius 2 is 1.27 bits per heavy atom. The maximum Gasteiger partial charge on any atom is 0.407 e. The molecule has 29 heteroatoms. The number of hydrogen-bond donors (Lipinski definition) is 5. The predicted molar refractivity (Wildman–Crippen MR) is 246 cm³/mol. The first-order chi connectivity index (χ1) is 31.1. The predicted octanol–water partition coefficient (Wildman–Crippen LogP) is 1.15. The highest BCUT2D eigenvalue weighted by Gasteiger charge is 2.61. The van der Waals surface area contributed by atoms with Crippen molar-refractivity contribution in [2.75, 3.05) is 44.2 Å². The number of alkyl halides is 4. The highest BCUT2D eigenvalue weighted by atomic mass is 127. The first-order valence-electron chi connectivity index (χ1n) is 20.1. The van der Waals surface area contributed by atoms with Crippen LogP contribution in [-0.2, 0) is 81.0 Å². The van der Waals surface area contributed by atoms with Crippen molar-refractivity contribution in [1.82, 2.24) is 16.0 Å². The normalized spacial score (nSPS) is 26.7. The number of aliphatic hydroxyl groups excluding tert-OH is 2. The van der Waals surface area contributed by atoms with E-state index < -0.39 is 153 Å². The van der Waals surface area contributed by atoms with Crippen LogP contribution >= 0.6 is 80.9 Å². The van der Waals surface area contributed by atoms with Crippen molar-refractivity contribution in [3.8, 4) is 0 Å². The molecule has 2 fully saturated rings. The Kier molecular flexibility index (Phi) is 24.8. The minimum atomic E-state index is -2.47. The second-order valence-corrected chi connectivity index (χ2v) is 21.1. The van der Waals surface area contributed by atoms with E-state index in [0.717, 1.165) is 67.5 Å². The molecule has 2 rings (SSSR count). The Morgan fingerprint density at radius 1 is 0.761 bits per heavy atom. The lowest BCUT2D eigenvalue weighted by Crippen LogP contribution is -2.69. The van der Waals surface area contributed by atoms with Gasteiger partial charge in [0.05, 0.1) is 37.7 Å². The molecule has 2 saturated heterocycles. The first kappa shape index (κ1) is 60.3. The number of rotatable bonds is 22. The summed E-state index contributed by atoms with van der Waals surface area (Å²) in [7, 11) is 2.00. The lowest BCUT2D eigenvalue weighted by Gasteiger charge is -2.51. The first-order valence-corrected chi connectivity index (χ1v) is 24.6. The van der Waals surface area contributed by atoms with Crippen molar-refractivity contribution >= 4 is 135 Å². The maximum absolute atomic E-state index is 14.2. The molecule has 0 aliphatic carbocycles. The molecule has 2 heterocycles. The Hall–Kier alpha value is -2.83. The van der Waals surface area contributed by atoms with Gasteiger partial charge in [0, 0.05) is 65.4 Å². The Balaban J connectivity index is 2.86. The van der Waals surface area contributed by atoms with Crippen molar-refractivity contribution in [2.24, 2.45) is 0 Å². The molecule has 382 valence electrons. The number of thioether (sulfide) groups is 2. The van der Waals surface area contributed by atoms with E-state index in [-0.39, 0.29) is 23.1 Å². The smallest absolute Gasteiger partial charge is 0.407 e. The van der Waals surface area contributed by atoms with E-state index in [1.54, 1.807) is 22.6 Å². The molecule has 12 atom stereocenters. The van der Waals surface area contributed by atoms with Gasteiger partial charge in [0.15, 0.2) is 6.10 Å². The average Bonchev–Trinajstić information content (AvgIpc) is 3.22. The molecule has 23 nitrogen and oxygen atoms in total. The topological polar surface area (TPSA) is 313 Å². The summed E-state index contributed by atoms with van der Waals surface area (Å²) in [4.78, 5) is 111. The summed E-state index contributed by atoms with van der Waals surface area (Å²) in [5.74, 6) is -7.25. The third kappa shape index (κ3) is 18.8. The van der Waals surface area contributed by atoms with Crippen LogP contribution < -0.4 is 16.0 Å². The molecule has 5 N–H and O–H groups in total. The average molecular weight is 1170 g/mol. The fourth-order valence-electron chi connectivity index (χ4n) is 6.97. The number of nitrogens with one attached hydrogen (secondary N) is 3. The van der Waals surface area contributed by atoms with Crippen LogP contribution in [0.25, 0.3) is 0 Å². The molecule has 3 amide bonds. The molecule has 0 spiro atoms. The molecular weight excluding hydrogens is 1120 g/mol. The van der Waals surface area contributed by atoms with E-state index in [4.69, 9.17) is 77.4 Å². The van der Waals surface area contributed by atoms with Gasteiger partial charge in [0.1, 0.15) is 43.7 Å². The van der Waals surface area contributed by atoms with Gasteiger partial charge in [0.2, 0.25) is 25.5 Å². The summed E-state index contributed by atoms with van der Waals surface area (Å²) in [6.07, 6.45) is -13.7. The van der Waals surface area contributed by atoms with E-state index >= 15 is 0 Å². The fraction of sp³-hybridized carbons (Fsp3) is 0.763. The van der Waals surface area contributed by atoms with Crippen LogP contribution in [0.4, 0.5) is 4.79 Å². The molecule has 0 radical (unpaired) electrons. The third-order valence-corrected chi connectivity index (χ3v) is 13.6. The second kappa shape index (κ2) is 27.5. The molecule has 0 bridgehead atoms. The van der Waals surface area contributed by atoms with Crippen molar-refractivity contribution in [3.63, 3.8) is 0 Å². The molecule has 2 aliphatic heterocycles. The number of carbonyl (C=O) groups excluding carboxylic acids is 9. The Bertz CT molecular complexity index is 1790. The van der Waals surface area contributed by atoms with E-state index in [1.165, 1.54) is 0 Å². The Morgan fingerprint density at radius 3 is 1.73 bits per heavy atom. The van der Waals surface area contributed by atoms with Gasteiger partial charge in [-0.1, -0.05) is 57.4 Å². The molecule has 0 aromatic carbocycles. The van der Waals surface area contributed by atoms with E-state index in [1.807, 2.05) is 0 Å². The van der Waals surface area contributed by atoms with Gasteiger partial charge in [-0.05, 0) is 12.2 Å². The zero-order chi connectivity index (χ0) is 51.0. The van der Waals surface area contributed by atoms with Gasteiger partial charge in [-0.2, -0.15) is 0 Å². The summed E-state index contributed by atoms with van der Waals surface area (Å²) < 4.78 is 48.3. The van der Waals surface area contributed by atoms with Crippen LogP contribution in [-0.4, -0.2) is 182 Å². The Labute approximate surface area is 422 Å². The molecule has 67 heavy (non-hydrogen) atoms. The molecule has 2 aliphatic rings. The zero-order valence-corrected chi connectivity index (χ0v) is 43.6. The minimum absolute atomic E-state index is 0.00608. The van der Waals surface area contributed by atoms with Crippen LogP contribution in [0.2, 0.25) is 0 Å². The summed E-state index contributed by atoms with van der Waals surface area (Å²) >= 11 is 19.9. The SMILES string of the molecule is COC(=O)[C@@]1(SCCCNC(=O)OCC(Cl)(Cl)Cl)C[C@H](OC(C)=O)[C@@H](NC(C)=O)[C@H]([C@H](O)[C@@H](COC(C)=O)S[C@]2(C(=O)OC)C[C@H](OC(C)=O)[C@@H](NC(C)=O)[C@H]([C@H](OC(C)=O)[C@H](O)CI)O2)O1. The zero-order valence-electron chi connectivity index (χ0n) is 37.5. The van der Waals surface area contributed by atoms with Crippen molar-refractivity contribution < 1.29 is 96.0 Å². The van der Waals surface area contributed by atoms with Crippen molar-refractivity contribution in [3.05, 3.63) is 0 Å². The van der Waals surface area contributed by atoms with Gasteiger partial charge >= 0.3 is 41.9 Å². The van der Waals surface area contributed by atoms with Gasteiger partial charge in [0.25, 0.3) is 0 Å². The fourth-order valence-corrected chi connectivity index (χ4v) is 10.4.